The zero-order valence-corrected chi connectivity index (χ0v) is 7.67. The summed E-state index contributed by atoms with van der Waals surface area (Å²) in [6.07, 6.45) is 5.42. The topological polar surface area (TPSA) is 0 Å². The molecule has 1 heteroatoms. The summed E-state index contributed by atoms with van der Waals surface area (Å²) in [6, 6.07) is 10.6. The van der Waals surface area contributed by atoms with E-state index in [1.807, 2.05) is 0 Å². The van der Waals surface area contributed by atoms with Crippen LogP contribution >= 0.6 is 8.58 Å². The molecule has 1 radical (unpaired) electrons. The number of hydrogen-bond acceptors (Lipinski definition) is 0. The van der Waals surface area contributed by atoms with Gasteiger partial charge in [-0.15, -0.1) is 0 Å². The maximum atomic E-state index is 2.20. The Hall–Kier alpha value is -0.870. The van der Waals surface area contributed by atoms with Crippen molar-refractivity contribution in [3.05, 3.63) is 59.2 Å². The van der Waals surface area contributed by atoms with Gasteiger partial charge in [0.05, 0.1) is 0 Å². The van der Waals surface area contributed by atoms with E-state index in [1.165, 1.54) is 19.5 Å². The Labute approximate surface area is 74.8 Å². The van der Waals surface area contributed by atoms with Crippen LogP contribution in [-0.4, -0.2) is 0 Å². The van der Waals surface area contributed by atoms with Gasteiger partial charge in [0, 0.05) is 0 Å². The van der Waals surface area contributed by atoms with E-state index in [4.69, 9.17) is 0 Å². The van der Waals surface area contributed by atoms with Gasteiger partial charge in [0.1, 0.15) is 0 Å². The molecule has 0 nitrogen and oxygen atoms in total. The zero-order chi connectivity index (χ0) is 8.23. The van der Waals surface area contributed by atoms with Crippen LogP contribution in [0, 0.1) is 0 Å². The molecule has 1 aromatic carbocycles. The minimum absolute atomic E-state index is 1.09. The molecule has 0 unspecified atom stereocenters. The summed E-state index contributed by atoms with van der Waals surface area (Å²) in [5, 5.41) is 1.49. The third-order valence-corrected chi connectivity index (χ3v) is 2.80. The first-order valence-corrected chi connectivity index (χ1v) is 5.02. The highest BCUT2D eigenvalue weighted by Gasteiger charge is 2.00. The number of allylic oxidation sites excluding steroid dienone is 3. The molecular formula is C11H10P. The summed E-state index contributed by atoms with van der Waals surface area (Å²) < 4.78 is 0. The lowest BCUT2D eigenvalue weighted by Gasteiger charge is -1.99. The summed E-state index contributed by atoms with van der Waals surface area (Å²) in [4.78, 5) is 0. The Morgan fingerprint density at radius 3 is 2.58 bits per heavy atom. The van der Waals surface area contributed by atoms with E-state index in [0.717, 1.165) is 6.42 Å². The van der Waals surface area contributed by atoms with E-state index in [-0.39, 0.29) is 0 Å². The molecule has 0 saturated heterocycles. The van der Waals surface area contributed by atoms with Gasteiger partial charge >= 0.3 is 0 Å². The fourth-order valence-electron chi connectivity index (χ4n) is 1.25. The first-order valence-electron chi connectivity index (χ1n) is 4.05. The van der Waals surface area contributed by atoms with E-state index >= 15 is 0 Å². The van der Waals surface area contributed by atoms with E-state index in [9.17, 15) is 0 Å². The standard InChI is InChI=1S/C11H10P/c1-2-5-10(6-3-1)9-11-7-4-8-12-11/h1-8H,9H2. The molecule has 0 aromatic heterocycles. The largest absolute Gasteiger partial charge is 0.0622 e. The maximum Gasteiger partial charge on any atom is -0.00148 e. The average molecular weight is 173 g/mol. The molecule has 1 aliphatic heterocycles. The predicted octanol–water partition coefficient (Wildman–Crippen LogP) is 3.59. The molecule has 0 N–H and O–H groups in total. The van der Waals surface area contributed by atoms with Crippen LogP contribution in [-0.2, 0) is 6.42 Å². The van der Waals surface area contributed by atoms with Crippen molar-refractivity contribution in [2.75, 3.05) is 0 Å². The van der Waals surface area contributed by atoms with Gasteiger partial charge in [-0.2, -0.15) is 0 Å². The Morgan fingerprint density at radius 2 is 1.92 bits per heavy atom. The van der Waals surface area contributed by atoms with Crippen LogP contribution in [0.2, 0.25) is 0 Å². The van der Waals surface area contributed by atoms with E-state index in [0.29, 0.717) is 0 Å². The van der Waals surface area contributed by atoms with Crippen LogP contribution in [0.25, 0.3) is 0 Å². The second-order valence-electron chi connectivity index (χ2n) is 2.79. The lowest BCUT2D eigenvalue weighted by atomic mass is 10.1. The summed E-state index contributed by atoms with van der Waals surface area (Å²) in [5.74, 6) is 2.18. The van der Waals surface area contributed by atoms with Gasteiger partial charge < -0.3 is 0 Å². The van der Waals surface area contributed by atoms with Crippen molar-refractivity contribution in [3.63, 3.8) is 0 Å². The Balaban J connectivity index is 2.05. The molecule has 0 aliphatic carbocycles. The molecule has 0 saturated carbocycles. The number of benzene rings is 1. The van der Waals surface area contributed by atoms with Crippen LogP contribution < -0.4 is 0 Å². The minimum atomic E-state index is 1.09. The molecule has 59 valence electrons. The molecule has 0 fully saturated rings. The molecule has 0 amide bonds. The normalized spacial score (nSPS) is 16.8. The highest BCUT2D eigenvalue weighted by Crippen LogP contribution is 2.32. The molecule has 1 aliphatic rings. The van der Waals surface area contributed by atoms with Crippen molar-refractivity contribution >= 4 is 8.58 Å². The molecule has 0 bridgehead atoms. The second kappa shape index (κ2) is 3.69. The van der Waals surface area contributed by atoms with Gasteiger partial charge in [0.15, 0.2) is 0 Å². The first-order chi connectivity index (χ1) is 5.95. The van der Waals surface area contributed by atoms with Gasteiger partial charge in [-0.3, -0.25) is 0 Å². The summed E-state index contributed by atoms with van der Waals surface area (Å²) >= 11 is 0. The highest BCUT2D eigenvalue weighted by molar-refractivity contribution is 7.47. The molecule has 0 spiro atoms. The quantitative estimate of drug-likeness (QED) is 0.599. The monoisotopic (exact) mass is 173 g/mol. The molecule has 1 heterocycles. The lowest BCUT2D eigenvalue weighted by molar-refractivity contribution is 1.25. The van der Waals surface area contributed by atoms with Gasteiger partial charge in [-0.1, -0.05) is 48.3 Å². The van der Waals surface area contributed by atoms with Crippen LogP contribution in [0.4, 0.5) is 0 Å². The van der Waals surface area contributed by atoms with Crippen LogP contribution in [0.3, 0.4) is 0 Å². The lowest BCUT2D eigenvalue weighted by Crippen LogP contribution is -1.82. The van der Waals surface area contributed by atoms with Gasteiger partial charge in [-0.05, 0) is 25.9 Å². The highest BCUT2D eigenvalue weighted by atomic mass is 31.1. The Bertz CT molecular complexity index is 309. The summed E-state index contributed by atoms with van der Waals surface area (Å²) in [7, 11) is 1.36. The number of hydrogen-bond donors (Lipinski definition) is 0. The van der Waals surface area contributed by atoms with Crippen LogP contribution in [0.15, 0.2) is 53.6 Å². The smallest absolute Gasteiger partial charge is 0.00148 e. The third kappa shape index (κ3) is 1.84. The third-order valence-electron chi connectivity index (χ3n) is 1.84. The first kappa shape index (κ1) is 7.76. The van der Waals surface area contributed by atoms with Crippen molar-refractivity contribution in [3.8, 4) is 0 Å². The Kier molecular flexibility index (Phi) is 2.39. The van der Waals surface area contributed by atoms with E-state index in [2.05, 4.69) is 48.3 Å². The Morgan fingerprint density at radius 1 is 1.08 bits per heavy atom. The summed E-state index contributed by atoms with van der Waals surface area (Å²) in [6.45, 7) is 0. The number of rotatable bonds is 2. The van der Waals surface area contributed by atoms with Crippen molar-refractivity contribution in [2.24, 2.45) is 0 Å². The van der Waals surface area contributed by atoms with Crippen LogP contribution in [0.5, 0.6) is 0 Å². The van der Waals surface area contributed by atoms with E-state index in [1.54, 1.807) is 0 Å². The SMILES string of the molecule is C1=C[P]C(Cc2ccccc2)=C1. The molecule has 12 heavy (non-hydrogen) atoms. The predicted molar refractivity (Wildman–Crippen MR) is 54.3 cm³/mol. The van der Waals surface area contributed by atoms with Gasteiger partial charge in [0.2, 0.25) is 0 Å². The molecule has 1 aromatic rings. The minimum Gasteiger partial charge on any atom is -0.0622 e. The molecular weight excluding hydrogens is 163 g/mol. The van der Waals surface area contributed by atoms with Crippen LogP contribution in [0.1, 0.15) is 5.56 Å². The molecule has 0 atom stereocenters. The average Bonchev–Trinajstić information content (AvgIpc) is 2.59. The van der Waals surface area contributed by atoms with Gasteiger partial charge in [-0.25, -0.2) is 0 Å². The van der Waals surface area contributed by atoms with Crippen molar-refractivity contribution < 1.29 is 0 Å². The molecule has 2 rings (SSSR count). The van der Waals surface area contributed by atoms with Crippen molar-refractivity contribution in [1.82, 2.24) is 0 Å². The van der Waals surface area contributed by atoms with Gasteiger partial charge in [0.25, 0.3) is 0 Å². The fourth-order valence-corrected chi connectivity index (χ4v) is 2.06. The summed E-state index contributed by atoms with van der Waals surface area (Å²) in [5.41, 5.74) is 1.40. The second-order valence-corrected chi connectivity index (χ2v) is 3.92. The van der Waals surface area contributed by atoms with Crippen molar-refractivity contribution in [1.29, 1.82) is 0 Å². The van der Waals surface area contributed by atoms with E-state index < -0.39 is 0 Å². The zero-order valence-electron chi connectivity index (χ0n) is 6.77. The maximum absolute atomic E-state index is 2.20. The fraction of sp³-hybridized carbons (Fsp3) is 0.0909. The van der Waals surface area contributed by atoms with Crippen molar-refractivity contribution in [2.45, 2.75) is 6.42 Å².